The second-order valence-electron chi connectivity index (χ2n) is 7.79. The minimum atomic E-state index is -0.621. The molecule has 2 aromatic heterocycles. The van der Waals surface area contributed by atoms with Gasteiger partial charge in [-0.3, -0.25) is 14.2 Å². The Bertz CT molecular complexity index is 1250. The van der Waals surface area contributed by atoms with Crippen LogP contribution in [-0.4, -0.2) is 37.8 Å². The van der Waals surface area contributed by atoms with Crippen LogP contribution in [0.5, 0.6) is 0 Å². The first-order chi connectivity index (χ1) is 14.3. The maximum atomic E-state index is 13.2. The summed E-state index contributed by atoms with van der Waals surface area (Å²) in [5.74, 6) is 0.254. The molecule has 0 saturated heterocycles. The fourth-order valence-electron chi connectivity index (χ4n) is 3.99. The Hall–Kier alpha value is -3.36. The van der Waals surface area contributed by atoms with Crippen LogP contribution in [0, 0.1) is 12.8 Å². The Kier molecular flexibility index (Phi) is 4.97. The topological polar surface area (TPSA) is 91.4 Å². The molecule has 0 bridgehead atoms. The zero-order valence-electron chi connectivity index (χ0n) is 17.6. The summed E-state index contributed by atoms with van der Waals surface area (Å²) in [7, 11) is 1.56. The number of carbonyl (C=O) groups is 1. The molecule has 3 heterocycles. The van der Waals surface area contributed by atoms with Gasteiger partial charge >= 0.3 is 11.7 Å². The quantitative estimate of drug-likeness (QED) is 0.605. The van der Waals surface area contributed by atoms with E-state index in [0.717, 1.165) is 22.4 Å². The normalized spacial score (nSPS) is 16.0. The molecule has 1 aliphatic rings. The van der Waals surface area contributed by atoms with Crippen molar-refractivity contribution in [2.24, 2.45) is 13.0 Å². The number of aryl methyl sites for hydroxylation is 2. The van der Waals surface area contributed by atoms with Gasteiger partial charge in [0.2, 0.25) is 5.95 Å². The van der Waals surface area contributed by atoms with Gasteiger partial charge in [-0.05, 0) is 37.5 Å². The summed E-state index contributed by atoms with van der Waals surface area (Å²) in [5.41, 5.74) is 1.62. The molecule has 0 spiro atoms. The summed E-state index contributed by atoms with van der Waals surface area (Å²) >= 11 is 0. The van der Waals surface area contributed by atoms with Crippen molar-refractivity contribution in [3.05, 3.63) is 50.7 Å². The molecule has 30 heavy (non-hydrogen) atoms. The van der Waals surface area contributed by atoms with Crippen LogP contribution in [-0.2, 0) is 29.7 Å². The fourth-order valence-corrected chi connectivity index (χ4v) is 3.99. The third-order valence-electron chi connectivity index (χ3n) is 5.35. The van der Waals surface area contributed by atoms with Crippen LogP contribution < -0.4 is 16.1 Å². The molecule has 9 nitrogen and oxygen atoms in total. The molecule has 1 aliphatic heterocycles. The Labute approximate surface area is 173 Å². The highest BCUT2D eigenvalue weighted by Crippen LogP contribution is 2.33. The van der Waals surface area contributed by atoms with Gasteiger partial charge in [-0.15, -0.1) is 0 Å². The number of aromatic nitrogens is 4. The van der Waals surface area contributed by atoms with Gasteiger partial charge in [-0.25, -0.2) is 9.36 Å². The number of benzene rings is 1. The zero-order chi connectivity index (χ0) is 21.6. The van der Waals surface area contributed by atoms with Crippen molar-refractivity contribution in [3.8, 4) is 0 Å². The van der Waals surface area contributed by atoms with Crippen molar-refractivity contribution >= 4 is 28.8 Å². The Balaban J connectivity index is 1.94. The summed E-state index contributed by atoms with van der Waals surface area (Å²) in [4.78, 5) is 44.7. The summed E-state index contributed by atoms with van der Waals surface area (Å²) in [6.45, 7) is 6.91. The second kappa shape index (κ2) is 7.47. The van der Waals surface area contributed by atoms with Gasteiger partial charge in [0.15, 0.2) is 11.2 Å². The first kappa shape index (κ1) is 19.9. The van der Waals surface area contributed by atoms with Crippen molar-refractivity contribution in [3.63, 3.8) is 0 Å². The van der Waals surface area contributed by atoms with E-state index in [2.05, 4.69) is 22.9 Å². The van der Waals surface area contributed by atoms with Gasteiger partial charge < -0.3 is 14.2 Å². The van der Waals surface area contributed by atoms with Crippen LogP contribution in [0.25, 0.3) is 11.2 Å². The minimum absolute atomic E-state index is 0.182. The van der Waals surface area contributed by atoms with Crippen LogP contribution in [0.1, 0.15) is 19.4 Å². The van der Waals surface area contributed by atoms with Crippen molar-refractivity contribution in [1.82, 2.24) is 18.7 Å². The molecule has 0 N–H and O–H groups in total. The number of anilines is 2. The summed E-state index contributed by atoms with van der Waals surface area (Å²) in [5, 5.41) is 0. The standard InChI is InChI=1S/C21H25N5O4/c1-5-30-16(27)12-26-19(28)17-18(23(4)21(26)29)22-20-24(10-14(3)11-25(17)20)15-8-6-7-13(2)9-15/h6-9,14H,5,10-12H2,1-4H3/t14-/m1/s1. The molecular weight excluding hydrogens is 386 g/mol. The van der Waals surface area contributed by atoms with Crippen LogP contribution in [0.3, 0.4) is 0 Å². The predicted octanol–water partition coefficient (Wildman–Crippen LogP) is 1.56. The number of ether oxygens (including phenoxy) is 1. The van der Waals surface area contributed by atoms with E-state index in [1.807, 2.05) is 29.7 Å². The van der Waals surface area contributed by atoms with Gasteiger partial charge in [0.05, 0.1) is 6.61 Å². The average Bonchev–Trinajstić information content (AvgIpc) is 3.08. The number of nitrogens with zero attached hydrogens (tertiary/aromatic N) is 5. The number of hydrogen-bond donors (Lipinski definition) is 0. The predicted molar refractivity (Wildman–Crippen MR) is 113 cm³/mol. The first-order valence-electron chi connectivity index (χ1n) is 10.0. The van der Waals surface area contributed by atoms with Crippen molar-refractivity contribution < 1.29 is 9.53 Å². The lowest BCUT2D eigenvalue weighted by molar-refractivity contribution is -0.143. The Morgan fingerprint density at radius 3 is 2.73 bits per heavy atom. The van der Waals surface area contributed by atoms with E-state index in [-0.39, 0.29) is 12.5 Å². The van der Waals surface area contributed by atoms with Crippen LogP contribution in [0.15, 0.2) is 33.9 Å². The van der Waals surface area contributed by atoms with Gasteiger partial charge in [-0.1, -0.05) is 19.1 Å². The number of carbonyl (C=O) groups excluding carboxylic acids is 1. The summed E-state index contributed by atoms with van der Waals surface area (Å²) in [6, 6.07) is 8.09. The molecule has 158 valence electrons. The lowest BCUT2D eigenvalue weighted by Crippen LogP contribution is -2.42. The summed E-state index contributed by atoms with van der Waals surface area (Å²) < 4.78 is 9.03. The molecule has 3 aromatic rings. The Morgan fingerprint density at radius 2 is 2.03 bits per heavy atom. The molecule has 0 saturated carbocycles. The Morgan fingerprint density at radius 1 is 1.27 bits per heavy atom. The number of rotatable bonds is 4. The molecule has 1 aromatic carbocycles. The number of fused-ring (bicyclic) bond motifs is 3. The highest BCUT2D eigenvalue weighted by molar-refractivity contribution is 5.77. The highest BCUT2D eigenvalue weighted by atomic mass is 16.5. The fraction of sp³-hybridized carbons (Fsp3) is 0.429. The molecule has 0 radical (unpaired) electrons. The van der Waals surface area contributed by atoms with Crippen molar-refractivity contribution in [2.75, 3.05) is 18.1 Å². The molecule has 0 unspecified atom stereocenters. The van der Waals surface area contributed by atoms with Gasteiger partial charge in [-0.2, -0.15) is 4.98 Å². The number of esters is 1. The number of hydrogen-bond acceptors (Lipinski definition) is 6. The van der Waals surface area contributed by atoms with E-state index in [1.165, 1.54) is 4.57 Å². The summed E-state index contributed by atoms with van der Waals surface area (Å²) in [6.07, 6.45) is 0. The average molecular weight is 411 g/mol. The van der Waals surface area contributed by atoms with E-state index in [9.17, 15) is 14.4 Å². The van der Waals surface area contributed by atoms with E-state index < -0.39 is 23.8 Å². The maximum Gasteiger partial charge on any atom is 0.333 e. The van der Waals surface area contributed by atoms with E-state index in [1.54, 1.807) is 14.0 Å². The van der Waals surface area contributed by atoms with Gasteiger partial charge in [0.25, 0.3) is 5.56 Å². The molecule has 9 heteroatoms. The van der Waals surface area contributed by atoms with Crippen LogP contribution in [0.4, 0.5) is 11.6 Å². The molecule has 4 rings (SSSR count). The second-order valence-corrected chi connectivity index (χ2v) is 7.79. The van der Waals surface area contributed by atoms with E-state index >= 15 is 0 Å². The van der Waals surface area contributed by atoms with Gasteiger partial charge in [0.1, 0.15) is 6.54 Å². The third kappa shape index (κ3) is 3.20. The highest BCUT2D eigenvalue weighted by Gasteiger charge is 2.30. The van der Waals surface area contributed by atoms with Crippen LogP contribution in [0.2, 0.25) is 0 Å². The molecular formula is C21H25N5O4. The zero-order valence-corrected chi connectivity index (χ0v) is 17.6. The lowest BCUT2D eigenvalue weighted by atomic mass is 10.1. The van der Waals surface area contributed by atoms with E-state index in [4.69, 9.17) is 4.74 Å². The van der Waals surface area contributed by atoms with Crippen molar-refractivity contribution in [1.29, 1.82) is 0 Å². The van der Waals surface area contributed by atoms with Gasteiger partial charge in [0, 0.05) is 25.8 Å². The monoisotopic (exact) mass is 411 g/mol. The SMILES string of the molecule is CCOC(=O)Cn1c(=O)c2c(nc3n2C[C@H](C)CN3c2cccc(C)c2)n(C)c1=O. The van der Waals surface area contributed by atoms with Crippen LogP contribution >= 0.6 is 0 Å². The molecule has 0 amide bonds. The third-order valence-corrected chi connectivity index (χ3v) is 5.35. The lowest BCUT2D eigenvalue weighted by Gasteiger charge is -2.33. The smallest absolute Gasteiger partial charge is 0.333 e. The van der Waals surface area contributed by atoms with Crippen molar-refractivity contribution in [2.45, 2.75) is 33.9 Å². The molecule has 1 atom stereocenters. The molecule has 0 fully saturated rings. The number of imidazole rings is 1. The van der Waals surface area contributed by atoms with E-state index in [0.29, 0.717) is 23.7 Å². The maximum absolute atomic E-state index is 13.2. The molecule has 0 aliphatic carbocycles. The largest absolute Gasteiger partial charge is 0.465 e. The first-order valence-corrected chi connectivity index (χ1v) is 10.0. The minimum Gasteiger partial charge on any atom is -0.465 e.